The molecule has 0 saturated heterocycles. The van der Waals surface area contributed by atoms with E-state index in [1.54, 1.807) is 6.92 Å². The van der Waals surface area contributed by atoms with Crippen molar-refractivity contribution in [2.45, 2.75) is 40.2 Å². The summed E-state index contributed by atoms with van der Waals surface area (Å²) in [5.41, 5.74) is -0.288. The van der Waals surface area contributed by atoms with Crippen molar-refractivity contribution in [3.8, 4) is 11.5 Å². The fraction of sp³-hybridized carbons (Fsp3) is 0.471. The van der Waals surface area contributed by atoms with Gasteiger partial charge < -0.3 is 14.4 Å². The van der Waals surface area contributed by atoms with Crippen LogP contribution in [0.1, 0.15) is 33.6 Å². The maximum Gasteiger partial charge on any atom is 0.297 e. The normalized spacial score (nSPS) is 12.3. The Morgan fingerprint density at radius 3 is 2.67 bits per heavy atom. The quantitative estimate of drug-likeness (QED) is 0.618. The second-order valence-corrected chi connectivity index (χ2v) is 5.89. The minimum Gasteiger partial charge on any atom is -0.504 e. The first-order chi connectivity index (χ1) is 11.4. The average Bonchev–Trinajstić information content (AvgIpc) is 2.55. The van der Waals surface area contributed by atoms with Gasteiger partial charge in [-0.3, -0.25) is 14.9 Å². The van der Waals surface area contributed by atoms with E-state index < -0.39 is 10.5 Å². The van der Waals surface area contributed by atoms with E-state index in [0.29, 0.717) is 24.1 Å². The van der Waals surface area contributed by atoms with Gasteiger partial charge in [0.15, 0.2) is 5.75 Å². The Hall–Kier alpha value is -2.57. The number of nitro groups is 1. The summed E-state index contributed by atoms with van der Waals surface area (Å²) in [5.74, 6) is -0.101. The van der Waals surface area contributed by atoms with Crippen LogP contribution in [0.4, 0.5) is 5.69 Å². The Kier molecular flexibility index (Phi) is 5.43. The number of hydrogen-bond donors (Lipinski definition) is 1. The molecule has 2 rings (SSSR count). The van der Waals surface area contributed by atoms with Crippen molar-refractivity contribution in [2.75, 3.05) is 6.61 Å². The molecule has 0 amide bonds. The molecule has 0 aliphatic rings. The summed E-state index contributed by atoms with van der Waals surface area (Å²) in [7, 11) is 0. The fourth-order valence-corrected chi connectivity index (χ4v) is 2.76. The summed E-state index contributed by atoms with van der Waals surface area (Å²) < 4.78 is 6.97. The number of rotatable bonds is 7. The predicted octanol–water partition coefficient (Wildman–Crippen LogP) is 3.45. The Bertz CT molecular complexity index is 813. The summed E-state index contributed by atoms with van der Waals surface area (Å²) in [6.07, 6.45) is 1.97. The predicted molar refractivity (Wildman–Crippen MR) is 91.8 cm³/mol. The third-order valence-electron chi connectivity index (χ3n) is 4.00. The minimum atomic E-state index is -0.530. The molecule has 1 N–H and O–H groups in total. The van der Waals surface area contributed by atoms with Crippen LogP contribution in [0, 0.1) is 16.0 Å². The van der Waals surface area contributed by atoms with Crippen LogP contribution in [0.2, 0.25) is 0 Å². The second kappa shape index (κ2) is 7.33. The molecule has 0 fully saturated rings. The number of fused-ring (bicyclic) bond motifs is 1. The second-order valence-electron chi connectivity index (χ2n) is 5.89. The van der Waals surface area contributed by atoms with Crippen molar-refractivity contribution in [3.05, 3.63) is 38.7 Å². The number of aryl methyl sites for hydroxylation is 1. The van der Waals surface area contributed by atoms with Gasteiger partial charge in [0.25, 0.3) is 11.2 Å². The number of aromatic nitrogens is 1. The number of non-ortho nitro benzene ring substituents is 1. The van der Waals surface area contributed by atoms with Crippen molar-refractivity contribution in [1.29, 1.82) is 0 Å². The first-order valence-corrected chi connectivity index (χ1v) is 8.07. The molecule has 0 saturated carbocycles. The van der Waals surface area contributed by atoms with E-state index in [1.165, 1.54) is 22.8 Å². The molecule has 2 aromatic rings. The van der Waals surface area contributed by atoms with Crippen LogP contribution in [0.15, 0.2) is 23.0 Å². The summed E-state index contributed by atoms with van der Waals surface area (Å²) in [6.45, 7) is 6.50. The molecular weight excluding hydrogens is 312 g/mol. The molecule has 1 heterocycles. The van der Waals surface area contributed by atoms with E-state index in [-0.39, 0.29) is 23.1 Å². The van der Waals surface area contributed by atoms with Gasteiger partial charge in [0.2, 0.25) is 5.75 Å². The number of aromatic hydroxyl groups is 1. The Morgan fingerprint density at radius 1 is 1.38 bits per heavy atom. The van der Waals surface area contributed by atoms with Crippen LogP contribution in [0.25, 0.3) is 10.9 Å². The largest absolute Gasteiger partial charge is 0.504 e. The molecule has 1 aromatic carbocycles. The molecular formula is C17H22N2O5. The standard InChI is InChI=1S/C17H22N2O5/c1-4-6-11(3)10-24-16-15(20)13-8-7-12(19(22)23)9-14(13)18(5-2)17(16)21/h7-9,11,20H,4-6,10H2,1-3H3. The van der Waals surface area contributed by atoms with E-state index in [2.05, 4.69) is 6.92 Å². The van der Waals surface area contributed by atoms with Crippen molar-refractivity contribution >= 4 is 16.6 Å². The summed E-state index contributed by atoms with van der Waals surface area (Å²) in [5, 5.41) is 21.7. The summed E-state index contributed by atoms with van der Waals surface area (Å²) in [6, 6.07) is 4.04. The molecule has 1 aromatic heterocycles. The number of benzene rings is 1. The van der Waals surface area contributed by atoms with Crippen molar-refractivity contribution < 1.29 is 14.8 Å². The third-order valence-corrected chi connectivity index (χ3v) is 4.00. The van der Waals surface area contributed by atoms with Gasteiger partial charge in [-0.05, 0) is 25.3 Å². The molecule has 24 heavy (non-hydrogen) atoms. The highest BCUT2D eigenvalue weighted by Crippen LogP contribution is 2.33. The lowest BCUT2D eigenvalue weighted by Crippen LogP contribution is -2.23. The van der Waals surface area contributed by atoms with Gasteiger partial charge in [0.05, 0.1) is 17.0 Å². The van der Waals surface area contributed by atoms with Crippen LogP contribution < -0.4 is 10.3 Å². The van der Waals surface area contributed by atoms with Gasteiger partial charge in [0, 0.05) is 24.1 Å². The summed E-state index contributed by atoms with van der Waals surface area (Å²) >= 11 is 0. The fourth-order valence-electron chi connectivity index (χ4n) is 2.76. The van der Waals surface area contributed by atoms with Crippen LogP contribution in [-0.2, 0) is 6.54 Å². The average molecular weight is 334 g/mol. The molecule has 0 spiro atoms. The first-order valence-electron chi connectivity index (χ1n) is 8.07. The number of hydrogen-bond acceptors (Lipinski definition) is 5. The van der Waals surface area contributed by atoms with Crippen molar-refractivity contribution in [1.82, 2.24) is 4.57 Å². The van der Waals surface area contributed by atoms with Crippen LogP contribution >= 0.6 is 0 Å². The van der Waals surface area contributed by atoms with Crippen molar-refractivity contribution in [2.24, 2.45) is 5.92 Å². The van der Waals surface area contributed by atoms with Crippen LogP contribution in [0.5, 0.6) is 11.5 Å². The Balaban J connectivity index is 2.56. The lowest BCUT2D eigenvalue weighted by atomic mass is 10.1. The number of nitrogens with zero attached hydrogens (tertiary/aromatic N) is 2. The van der Waals surface area contributed by atoms with Gasteiger partial charge in [-0.15, -0.1) is 0 Å². The highest BCUT2D eigenvalue weighted by molar-refractivity contribution is 5.89. The zero-order valence-corrected chi connectivity index (χ0v) is 14.1. The molecule has 0 bridgehead atoms. The van der Waals surface area contributed by atoms with Gasteiger partial charge in [-0.1, -0.05) is 20.3 Å². The lowest BCUT2D eigenvalue weighted by Gasteiger charge is -2.16. The molecule has 7 nitrogen and oxygen atoms in total. The maximum absolute atomic E-state index is 12.6. The molecule has 1 unspecified atom stereocenters. The Labute approximate surface area is 139 Å². The number of pyridine rings is 1. The van der Waals surface area contributed by atoms with Gasteiger partial charge in [-0.25, -0.2) is 0 Å². The number of ether oxygens (including phenoxy) is 1. The van der Waals surface area contributed by atoms with Gasteiger partial charge in [-0.2, -0.15) is 0 Å². The highest BCUT2D eigenvalue weighted by Gasteiger charge is 2.20. The van der Waals surface area contributed by atoms with E-state index in [0.717, 1.165) is 12.8 Å². The Morgan fingerprint density at radius 2 is 2.08 bits per heavy atom. The SMILES string of the molecule is CCCC(C)COc1c(O)c2ccc([N+](=O)[O-])cc2n(CC)c1=O. The van der Waals surface area contributed by atoms with E-state index in [1.807, 2.05) is 6.92 Å². The molecule has 0 radical (unpaired) electrons. The maximum atomic E-state index is 12.6. The zero-order chi connectivity index (χ0) is 17.9. The molecule has 130 valence electrons. The van der Waals surface area contributed by atoms with E-state index in [4.69, 9.17) is 4.74 Å². The third kappa shape index (κ3) is 3.34. The lowest BCUT2D eigenvalue weighted by molar-refractivity contribution is -0.384. The molecule has 7 heteroatoms. The van der Waals surface area contributed by atoms with Crippen LogP contribution in [0.3, 0.4) is 0 Å². The molecule has 0 aliphatic heterocycles. The first kappa shape index (κ1) is 17.8. The topological polar surface area (TPSA) is 94.6 Å². The zero-order valence-electron chi connectivity index (χ0n) is 14.1. The minimum absolute atomic E-state index is 0.0962. The molecule has 0 aliphatic carbocycles. The number of nitro benzene ring substituents is 1. The van der Waals surface area contributed by atoms with Gasteiger partial charge >= 0.3 is 0 Å². The highest BCUT2D eigenvalue weighted by atomic mass is 16.6. The smallest absolute Gasteiger partial charge is 0.297 e. The summed E-state index contributed by atoms with van der Waals surface area (Å²) in [4.78, 5) is 23.0. The molecule has 1 atom stereocenters. The van der Waals surface area contributed by atoms with Gasteiger partial charge in [0.1, 0.15) is 0 Å². The van der Waals surface area contributed by atoms with E-state index in [9.17, 15) is 20.0 Å². The van der Waals surface area contributed by atoms with Crippen molar-refractivity contribution in [3.63, 3.8) is 0 Å². The monoisotopic (exact) mass is 334 g/mol. The van der Waals surface area contributed by atoms with Crippen LogP contribution in [-0.4, -0.2) is 21.2 Å². The van der Waals surface area contributed by atoms with E-state index >= 15 is 0 Å².